The van der Waals surface area contributed by atoms with Crippen LogP contribution in [0.5, 0.6) is 0 Å². The van der Waals surface area contributed by atoms with E-state index >= 15 is 0 Å². The Morgan fingerprint density at radius 2 is 2.04 bits per heavy atom. The van der Waals surface area contributed by atoms with Gasteiger partial charge in [0.2, 0.25) is 11.7 Å². The molecule has 1 aromatic heterocycles. The van der Waals surface area contributed by atoms with E-state index in [1.54, 1.807) is 0 Å². The zero-order chi connectivity index (χ0) is 17.3. The number of carbonyl (C=O) groups excluding carboxylic acids is 1. The number of aryl methyl sites for hydroxylation is 1. The number of amides is 1. The normalized spacial score (nSPS) is 20.2. The van der Waals surface area contributed by atoms with Crippen LogP contribution >= 0.6 is 0 Å². The van der Waals surface area contributed by atoms with Gasteiger partial charge in [0, 0.05) is 24.7 Å². The van der Waals surface area contributed by atoms with Crippen molar-refractivity contribution in [2.45, 2.75) is 39.8 Å². The van der Waals surface area contributed by atoms with Crippen molar-refractivity contribution in [2.75, 3.05) is 13.1 Å². The highest BCUT2D eigenvalue weighted by Gasteiger charge is 2.35. The van der Waals surface area contributed by atoms with Crippen LogP contribution in [0.2, 0.25) is 0 Å². The smallest absolute Gasteiger partial charge is 0.246 e. The highest BCUT2D eigenvalue weighted by Crippen LogP contribution is 2.27. The van der Waals surface area contributed by atoms with Crippen molar-refractivity contribution in [3.8, 4) is 11.4 Å². The monoisotopic (exact) mass is 328 g/mol. The maximum absolute atomic E-state index is 12.5. The number of hydrogen-bond acceptors (Lipinski definition) is 5. The number of nitrogens with zero attached hydrogens (tertiary/aromatic N) is 5. The second-order valence-corrected chi connectivity index (χ2v) is 7.21. The molecular weight excluding hydrogens is 304 g/mol. The van der Waals surface area contributed by atoms with E-state index < -0.39 is 0 Å². The summed E-state index contributed by atoms with van der Waals surface area (Å²) in [6.07, 6.45) is 0.818. The minimum Gasteiger partial charge on any atom is -0.340 e. The molecule has 1 atom stereocenters. The van der Waals surface area contributed by atoms with Crippen LogP contribution in [0, 0.1) is 12.3 Å². The summed E-state index contributed by atoms with van der Waals surface area (Å²) in [5.41, 5.74) is 8.12. The Kier molecular flexibility index (Phi) is 4.36. The molecule has 0 radical (unpaired) electrons. The van der Waals surface area contributed by atoms with Gasteiger partial charge in [0.25, 0.3) is 0 Å². The van der Waals surface area contributed by atoms with Gasteiger partial charge in [-0.3, -0.25) is 4.79 Å². The van der Waals surface area contributed by atoms with Crippen LogP contribution in [0.1, 0.15) is 25.8 Å². The van der Waals surface area contributed by atoms with Gasteiger partial charge >= 0.3 is 0 Å². The van der Waals surface area contributed by atoms with E-state index in [0.717, 1.165) is 12.0 Å². The fourth-order valence-electron chi connectivity index (χ4n) is 2.94. The first-order chi connectivity index (χ1) is 11.3. The van der Waals surface area contributed by atoms with Crippen molar-refractivity contribution in [3.05, 3.63) is 29.8 Å². The molecule has 24 heavy (non-hydrogen) atoms. The van der Waals surface area contributed by atoms with Crippen molar-refractivity contribution in [3.63, 3.8) is 0 Å². The van der Waals surface area contributed by atoms with Gasteiger partial charge in [-0.25, -0.2) is 0 Å². The molecule has 7 nitrogen and oxygen atoms in total. The summed E-state index contributed by atoms with van der Waals surface area (Å²) >= 11 is 0. The molecule has 0 bridgehead atoms. The third-order valence-corrected chi connectivity index (χ3v) is 4.70. The molecule has 1 saturated heterocycles. The van der Waals surface area contributed by atoms with Gasteiger partial charge in [-0.15, -0.1) is 10.2 Å². The minimum absolute atomic E-state index is 0.00262. The van der Waals surface area contributed by atoms with Gasteiger partial charge in [-0.05, 0) is 24.0 Å². The number of piperidine rings is 1. The van der Waals surface area contributed by atoms with E-state index in [2.05, 4.69) is 29.3 Å². The number of rotatable bonds is 3. The molecule has 1 aliphatic rings. The predicted octanol–water partition coefficient (Wildman–Crippen LogP) is 1.23. The molecular formula is C17H24N6O. The number of benzene rings is 1. The molecule has 1 aromatic carbocycles. The van der Waals surface area contributed by atoms with Gasteiger partial charge in [-0.2, -0.15) is 4.80 Å². The molecule has 2 N–H and O–H groups in total. The third-order valence-electron chi connectivity index (χ3n) is 4.70. The first-order valence-corrected chi connectivity index (χ1v) is 8.23. The number of nitrogens with two attached hydrogens (primary N) is 1. The topological polar surface area (TPSA) is 89.9 Å². The first kappa shape index (κ1) is 16.6. The van der Waals surface area contributed by atoms with Gasteiger partial charge in [0.15, 0.2) is 0 Å². The molecule has 1 fully saturated rings. The lowest BCUT2D eigenvalue weighted by atomic mass is 9.80. The highest BCUT2D eigenvalue weighted by atomic mass is 16.2. The molecule has 2 heterocycles. The molecule has 0 spiro atoms. The summed E-state index contributed by atoms with van der Waals surface area (Å²) in [4.78, 5) is 15.7. The quantitative estimate of drug-likeness (QED) is 0.915. The minimum atomic E-state index is -0.0727. The van der Waals surface area contributed by atoms with Crippen molar-refractivity contribution in [1.82, 2.24) is 25.1 Å². The average molecular weight is 328 g/mol. The van der Waals surface area contributed by atoms with Gasteiger partial charge in [0.05, 0.1) is 0 Å². The van der Waals surface area contributed by atoms with Crippen LogP contribution in [0.15, 0.2) is 24.3 Å². The number of carbonyl (C=O) groups is 1. The van der Waals surface area contributed by atoms with E-state index in [1.165, 1.54) is 10.4 Å². The predicted molar refractivity (Wildman–Crippen MR) is 90.9 cm³/mol. The Morgan fingerprint density at radius 3 is 2.71 bits per heavy atom. The van der Waals surface area contributed by atoms with Crippen LogP contribution in [0.25, 0.3) is 11.4 Å². The zero-order valence-corrected chi connectivity index (χ0v) is 14.4. The van der Waals surface area contributed by atoms with Crippen LogP contribution in [0.4, 0.5) is 0 Å². The van der Waals surface area contributed by atoms with E-state index in [-0.39, 0.29) is 23.9 Å². The molecule has 128 valence electrons. The summed E-state index contributed by atoms with van der Waals surface area (Å²) in [5.74, 6) is 0.534. The summed E-state index contributed by atoms with van der Waals surface area (Å²) in [7, 11) is 0. The molecule has 2 aromatic rings. The van der Waals surface area contributed by atoms with Crippen molar-refractivity contribution < 1.29 is 4.79 Å². The first-order valence-electron chi connectivity index (χ1n) is 8.23. The van der Waals surface area contributed by atoms with Crippen LogP contribution in [-0.2, 0) is 11.3 Å². The Balaban J connectivity index is 1.66. The van der Waals surface area contributed by atoms with Crippen molar-refractivity contribution in [1.29, 1.82) is 0 Å². The van der Waals surface area contributed by atoms with Crippen LogP contribution in [-0.4, -0.2) is 50.1 Å². The molecule has 1 unspecified atom stereocenters. The lowest BCUT2D eigenvalue weighted by molar-refractivity contribution is -0.135. The van der Waals surface area contributed by atoms with E-state index in [0.29, 0.717) is 18.9 Å². The average Bonchev–Trinajstić information content (AvgIpc) is 2.99. The number of likely N-dealkylation sites (tertiary alicyclic amines) is 1. The van der Waals surface area contributed by atoms with Crippen LogP contribution < -0.4 is 5.73 Å². The van der Waals surface area contributed by atoms with E-state index in [9.17, 15) is 4.79 Å². The summed E-state index contributed by atoms with van der Waals surface area (Å²) in [5, 5.41) is 12.4. The van der Waals surface area contributed by atoms with E-state index in [1.807, 2.05) is 36.1 Å². The lowest BCUT2D eigenvalue weighted by Crippen LogP contribution is -2.54. The molecule has 0 saturated carbocycles. The molecule has 0 aliphatic carbocycles. The second kappa shape index (κ2) is 6.32. The second-order valence-electron chi connectivity index (χ2n) is 7.21. The Morgan fingerprint density at radius 1 is 1.33 bits per heavy atom. The fourth-order valence-corrected chi connectivity index (χ4v) is 2.94. The molecule has 1 amide bonds. The van der Waals surface area contributed by atoms with Crippen molar-refractivity contribution >= 4 is 5.91 Å². The SMILES string of the molecule is Cc1ccc(-c2nnn(CC(=O)N3CCC(N)C(C)(C)C3)n2)cc1. The Labute approximate surface area is 141 Å². The van der Waals surface area contributed by atoms with Gasteiger partial charge in [-0.1, -0.05) is 43.7 Å². The lowest BCUT2D eigenvalue weighted by Gasteiger charge is -2.42. The van der Waals surface area contributed by atoms with Gasteiger partial charge in [0.1, 0.15) is 6.54 Å². The maximum Gasteiger partial charge on any atom is 0.246 e. The fraction of sp³-hybridized carbons (Fsp3) is 0.529. The maximum atomic E-state index is 12.5. The van der Waals surface area contributed by atoms with Gasteiger partial charge < -0.3 is 10.6 Å². The molecule has 7 heteroatoms. The summed E-state index contributed by atoms with van der Waals surface area (Å²) in [6, 6.07) is 8.03. The Hall–Kier alpha value is -2.28. The summed E-state index contributed by atoms with van der Waals surface area (Å²) in [6.45, 7) is 7.67. The summed E-state index contributed by atoms with van der Waals surface area (Å²) < 4.78 is 0. The Bertz CT molecular complexity index is 721. The number of aromatic nitrogens is 4. The zero-order valence-electron chi connectivity index (χ0n) is 14.4. The standard InChI is InChI=1S/C17H24N6O/c1-12-4-6-13(7-5-12)16-19-21-23(20-16)10-15(24)22-9-8-14(18)17(2,3)11-22/h4-7,14H,8-11,18H2,1-3H3. The van der Waals surface area contributed by atoms with Crippen molar-refractivity contribution in [2.24, 2.45) is 11.1 Å². The van der Waals surface area contributed by atoms with E-state index in [4.69, 9.17) is 5.73 Å². The van der Waals surface area contributed by atoms with Crippen LogP contribution in [0.3, 0.4) is 0 Å². The molecule has 1 aliphatic heterocycles. The highest BCUT2D eigenvalue weighted by molar-refractivity contribution is 5.76. The number of hydrogen-bond donors (Lipinski definition) is 1. The number of tetrazole rings is 1. The largest absolute Gasteiger partial charge is 0.340 e. The molecule has 3 rings (SSSR count). The third kappa shape index (κ3) is 3.46.